The van der Waals surface area contributed by atoms with Crippen LogP contribution >= 0.6 is 11.6 Å². The maximum absolute atomic E-state index is 13.3. The number of para-hydroxylation sites is 1. The number of carbonyl (C=O) groups is 3. The number of hydrazine groups is 1. The predicted molar refractivity (Wildman–Crippen MR) is 131 cm³/mol. The van der Waals surface area contributed by atoms with E-state index < -0.39 is 42.0 Å². The van der Waals surface area contributed by atoms with Crippen LogP contribution in [0.5, 0.6) is 0 Å². The van der Waals surface area contributed by atoms with E-state index in [0.717, 1.165) is 17.3 Å². The van der Waals surface area contributed by atoms with Crippen LogP contribution in [0.2, 0.25) is 5.02 Å². The van der Waals surface area contributed by atoms with Gasteiger partial charge in [-0.3, -0.25) is 5.01 Å². The average Bonchev–Trinajstić information content (AvgIpc) is 3.03. The molecule has 0 aliphatic carbocycles. The third kappa shape index (κ3) is 6.05. The summed E-state index contributed by atoms with van der Waals surface area (Å²) in [7, 11) is 0. The molecule has 1 fully saturated rings. The van der Waals surface area contributed by atoms with E-state index >= 15 is 0 Å². The van der Waals surface area contributed by atoms with Crippen molar-refractivity contribution >= 4 is 41.1 Å². The van der Waals surface area contributed by atoms with Crippen molar-refractivity contribution in [3.05, 3.63) is 58.1 Å². The smallest absolute Gasteiger partial charge is 0.418 e. The van der Waals surface area contributed by atoms with Gasteiger partial charge in [0.1, 0.15) is 0 Å². The number of nitrogens with zero attached hydrogens (tertiary/aromatic N) is 3. The number of carboxylic acid groups (broad SMARTS) is 1. The van der Waals surface area contributed by atoms with E-state index in [-0.39, 0.29) is 29.7 Å². The Bertz CT molecular complexity index is 1240. The molecule has 2 heterocycles. The third-order valence-electron chi connectivity index (χ3n) is 6.38. The number of fused-ring (bicyclic) bond motifs is 1. The molecule has 4 N–H and O–H groups in total. The van der Waals surface area contributed by atoms with Crippen LogP contribution in [0, 0.1) is 0 Å². The summed E-state index contributed by atoms with van der Waals surface area (Å²) >= 11 is 5.81. The van der Waals surface area contributed by atoms with Gasteiger partial charge in [-0.2, -0.15) is 13.2 Å². The number of aliphatic carboxylic acids is 1. The molecule has 204 valence electrons. The van der Waals surface area contributed by atoms with Crippen molar-refractivity contribution in [1.29, 1.82) is 0 Å². The topological polar surface area (TPSA) is 128 Å². The van der Waals surface area contributed by atoms with Crippen LogP contribution < -0.4 is 11.1 Å². The van der Waals surface area contributed by atoms with E-state index in [9.17, 15) is 32.7 Å². The van der Waals surface area contributed by atoms with Gasteiger partial charge < -0.3 is 25.8 Å². The van der Waals surface area contributed by atoms with Crippen molar-refractivity contribution in [2.45, 2.75) is 25.1 Å². The number of ether oxygens (including phenoxy) is 1. The zero-order valence-electron chi connectivity index (χ0n) is 20.0. The van der Waals surface area contributed by atoms with Crippen LogP contribution in [0.3, 0.4) is 0 Å². The van der Waals surface area contributed by atoms with Gasteiger partial charge in [0, 0.05) is 44.8 Å². The molecule has 0 aromatic heterocycles. The maximum Gasteiger partial charge on any atom is 0.418 e. The predicted octanol–water partition coefficient (Wildman–Crippen LogP) is 3.70. The molecule has 0 saturated carbocycles. The number of hydrogen-bond donors (Lipinski definition) is 3. The molecule has 10 nitrogen and oxygen atoms in total. The fourth-order valence-corrected chi connectivity index (χ4v) is 4.62. The van der Waals surface area contributed by atoms with E-state index in [2.05, 4.69) is 5.32 Å². The highest BCUT2D eigenvalue weighted by atomic mass is 35.5. The first-order valence-electron chi connectivity index (χ1n) is 11.7. The van der Waals surface area contributed by atoms with Gasteiger partial charge in [-0.05, 0) is 35.7 Å². The number of nitrogens with two attached hydrogens (primary N) is 1. The number of hydrogen-bond acceptors (Lipinski definition) is 6. The van der Waals surface area contributed by atoms with Crippen molar-refractivity contribution in [2.75, 3.05) is 43.8 Å². The SMILES string of the molecule is Nc1c(Cl)cc(C[C@@H](OC(=O)N2CCN(N3CCc4ccccc4NC3=O)CC2)C(=O)O)cc1C(F)(F)F. The minimum atomic E-state index is -4.80. The number of carboxylic acids is 1. The van der Waals surface area contributed by atoms with Crippen molar-refractivity contribution < 1.29 is 37.4 Å². The van der Waals surface area contributed by atoms with Crippen LogP contribution in [-0.2, 0) is 28.5 Å². The lowest BCUT2D eigenvalue weighted by atomic mass is 10.0. The van der Waals surface area contributed by atoms with Gasteiger partial charge >= 0.3 is 24.3 Å². The van der Waals surface area contributed by atoms with Gasteiger partial charge in [0.25, 0.3) is 0 Å². The first-order valence-corrected chi connectivity index (χ1v) is 12.1. The Morgan fingerprint density at radius 2 is 1.82 bits per heavy atom. The van der Waals surface area contributed by atoms with Crippen LogP contribution in [0.15, 0.2) is 36.4 Å². The first-order chi connectivity index (χ1) is 17.9. The zero-order chi connectivity index (χ0) is 27.6. The normalized spacial score (nSPS) is 17.3. The quantitative estimate of drug-likeness (QED) is 0.480. The minimum absolute atomic E-state index is 0.102. The van der Waals surface area contributed by atoms with Gasteiger partial charge in [0.15, 0.2) is 0 Å². The molecule has 0 spiro atoms. The maximum atomic E-state index is 13.3. The summed E-state index contributed by atoms with van der Waals surface area (Å²) < 4.78 is 44.9. The zero-order valence-corrected chi connectivity index (χ0v) is 20.8. The largest absolute Gasteiger partial charge is 0.478 e. The molecule has 3 amide bonds. The molecule has 2 aliphatic rings. The van der Waals surface area contributed by atoms with Crippen molar-refractivity contribution in [3.63, 3.8) is 0 Å². The van der Waals surface area contributed by atoms with Crippen LogP contribution in [0.4, 0.5) is 34.1 Å². The number of carbonyl (C=O) groups excluding carboxylic acids is 2. The first kappa shape index (κ1) is 27.3. The Hall–Kier alpha value is -3.71. The molecule has 0 bridgehead atoms. The highest BCUT2D eigenvalue weighted by molar-refractivity contribution is 6.33. The van der Waals surface area contributed by atoms with E-state index in [1.54, 1.807) is 10.0 Å². The van der Waals surface area contributed by atoms with E-state index in [4.69, 9.17) is 22.1 Å². The molecule has 1 atom stereocenters. The summed E-state index contributed by atoms with van der Waals surface area (Å²) in [6, 6.07) is 9.00. The van der Waals surface area contributed by atoms with Crippen LogP contribution in [0.1, 0.15) is 16.7 Å². The van der Waals surface area contributed by atoms with Crippen molar-refractivity contribution in [1.82, 2.24) is 14.9 Å². The molecule has 4 rings (SSSR count). The number of piperazine rings is 1. The van der Waals surface area contributed by atoms with E-state index in [1.165, 1.54) is 4.90 Å². The molecule has 0 unspecified atom stereocenters. The number of benzene rings is 2. The Balaban J connectivity index is 1.36. The number of rotatable bonds is 5. The standard InChI is InChI=1S/C24H25ClF3N5O5/c25-17-12-14(11-16(20(17)29)24(26,27)28)13-19(21(34)35)38-23(37)31-7-9-32(10-8-31)33-6-5-15-3-1-2-4-18(15)30-22(33)36/h1-4,11-12,19H,5-10,13,29H2,(H,30,36)(H,34,35)/t19-/m1/s1. The van der Waals surface area contributed by atoms with E-state index in [0.29, 0.717) is 32.1 Å². The Labute approximate surface area is 220 Å². The number of nitrogens with one attached hydrogen (secondary N) is 1. The van der Waals surface area contributed by atoms with Crippen LogP contribution in [0.25, 0.3) is 0 Å². The lowest BCUT2D eigenvalue weighted by Crippen LogP contribution is -2.57. The second-order valence-corrected chi connectivity index (χ2v) is 9.26. The molecule has 2 aromatic carbocycles. The number of nitrogen functional groups attached to an aromatic ring is 1. The fourth-order valence-electron chi connectivity index (χ4n) is 4.37. The summed E-state index contributed by atoms with van der Waals surface area (Å²) in [4.78, 5) is 38.5. The summed E-state index contributed by atoms with van der Waals surface area (Å²) in [5.74, 6) is -1.53. The monoisotopic (exact) mass is 555 g/mol. The minimum Gasteiger partial charge on any atom is -0.478 e. The molecular formula is C24H25ClF3N5O5. The number of alkyl halides is 3. The van der Waals surface area contributed by atoms with Gasteiger partial charge in [-0.25, -0.2) is 19.4 Å². The second kappa shape index (κ2) is 11.0. The second-order valence-electron chi connectivity index (χ2n) is 8.85. The molecule has 2 aliphatic heterocycles. The van der Waals surface area contributed by atoms with Gasteiger partial charge in [0.2, 0.25) is 6.10 Å². The molecular weight excluding hydrogens is 531 g/mol. The highest BCUT2D eigenvalue weighted by Gasteiger charge is 2.36. The molecule has 38 heavy (non-hydrogen) atoms. The average molecular weight is 556 g/mol. The highest BCUT2D eigenvalue weighted by Crippen LogP contribution is 2.38. The van der Waals surface area contributed by atoms with Gasteiger partial charge in [0.05, 0.1) is 16.3 Å². The lowest BCUT2D eigenvalue weighted by Gasteiger charge is -2.40. The summed E-state index contributed by atoms with van der Waals surface area (Å²) in [5.41, 5.74) is 5.19. The van der Waals surface area contributed by atoms with Crippen molar-refractivity contribution in [2.24, 2.45) is 0 Å². The summed E-state index contributed by atoms with van der Waals surface area (Å²) in [6.07, 6.45) is -7.38. The fraction of sp³-hybridized carbons (Fsp3) is 0.375. The Kier molecular flexibility index (Phi) is 7.88. The molecule has 1 saturated heterocycles. The van der Waals surface area contributed by atoms with Gasteiger partial charge in [-0.15, -0.1) is 0 Å². The number of halogens is 4. The summed E-state index contributed by atoms with van der Waals surface area (Å²) in [6.45, 7) is 1.32. The number of amides is 3. The third-order valence-corrected chi connectivity index (χ3v) is 6.69. The van der Waals surface area contributed by atoms with Crippen molar-refractivity contribution in [3.8, 4) is 0 Å². The molecule has 2 aromatic rings. The van der Waals surface area contributed by atoms with E-state index in [1.807, 2.05) is 24.3 Å². The Morgan fingerprint density at radius 1 is 1.13 bits per heavy atom. The van der Waals surface area contributed by atoms with Crippen LogP contribution in [-0.4, -0.2) is 76.9 Å². The molecule has 14 heteroatoms. The number of anilines is 2. The summed E-state index contributed by atoms with van der Waals surface area (Å²) in [5, 5.41) is 15.4. The molecule has 0 radical (unpaired) electrons. The van der Waals surface area contributed by atoms with Gasteiger partial charge in [-0.1, -0.05) is 29.8 Å². The Morgan fingerprint density at radius 3 is 2.47 bits per heavy atom. The lowest BCUT2D eigenvalue weighted by molar-refractivity contribution is -0.147. The number of urea groups is 1.